The molecule has 0 bridgehead atoms. The Bertz CT molecular complexity index is 1280. The Hall–Kier alpha value is -4.33. The van der Waals surface area contributed by atoms with Crippen LogP contribution in [0, 0.1) is 6.92 Å². The number of imidazole rings is 1. The summed E-state index contributed by atoms with van der Waals surface area (Å²) in [5.74, 6) is -0.0288. The molecular weight excluding hydrogens is 420 g/mol. The van der Waals surface area contributed by atoms with Crippen molar-refractivity contribution in [1.29, 1.82) is 0 Å². The Balaban J connectivity index is 1.31. The number of phenolic OH excluding ortho intramolecular Hbond substituents is 1. The van der Waals surface area contributed by atoms with Crippen LogP contribution in [0.1, 0.15) is 32.0 Å². The number of carbonyl (C=O) groups excluding carboxylic acids is 2. The fourth-order valence-electron chi connectivity index (χ4n) is 3.37. The molecule has 4 rings (SSSR count). The maximum Gasteiger partial charge on any atom is 0.255 e. The number of para-hydroxylation sites is 1. The van der Waals surface area contributed by atoms with Crippen molar-refractivity contribution in [2.45, 2.75) is 13.5 Å². The molecule has 3 N–H and O–H groups in total. The molecule has 0 saturated heterocycles. The third kappa shape index (κ3) is 5.30. The number of nitrogens with zero attached hydrogens (tertiary/aromatic N) is 2. The molecule has 0 aliphatic heterocycles. The number of ether oxygens (including phenoxy) is 1. The first kappa shape index (κ1) is 21.9. The summed E-state index contributed by atoms with van der Waals surface area (Å²) < 4.78 is 7.84. The molecule has 0 fully saturated rings. The van der Waals surface area contributed by atoms with Crippen LogP contribution in [0.4, 0.5) is 0 Å². The van der Waals surface area contributed by atoms with E-state index in [1.54, 1.807) is 24.3 Å². The number of aromatic nitrogens is 2. The largest absolute Gasteiger partial charge is 0.508 e. The van der Waals surface area contributed by atoms with Crippen molar-refractivity contribution in [3.05, 3.63) is 95.4 Å². The van der Waals surface area contributed by atoms with Crippen LogP contribution in [-0.4, -0.2) is 39.4 Å². The van der Waals surface area contributed by atoms with Gasteiger partial charge in [-0.25, -0.2) is 4.98 Å². The SMILES string of the molecule is Cc1cccn2cc(COc3ccccc3C(=O)NCCNC(=O)c3ccc(O)cc3)nc12. The first-order valence-electron chi connectivity index (χ1n) is 10.5. The van der Waals surface area contributed by atoms with Gasteiger partial charge in [-0.3, -0.25) is 9.59 Å². The van der Waals surface area contributed by atoms with E-state index >= 15 is 0 Å². The summed E-state index contributed by atoms with van der Waals surface area (Å²) in [5, 5.41) is 14.8. The molecule has 2 heterocycles. The molecule has 0 atom stereocenters. The van der Waals surface area contributed by atoms with Crippen molar-refractivity contribution in [3.8, 4) is 11.5 Å². The van der Waals surface area contributed by atoms with Gasteiger partial charge >= 0.3 is 0 Å². The molecule has 0 aliphatic rings. The van der Waals surface area contributed by atoms with Gasteiger partial charge in [-0.1, -0.05) is 18.2 Å². The normalized spacial score (nSPS) is 10.7. The van der Waals surface area contributed by atoms with Crippen molar-refractivity contribution in [2.75, 3.05) is 13.1 Å². The van der Waals surface area contributed by atoms with E-state index in [0.717, 1.165) is 16.9 Å². The molecule has 4 aromatic rings. The quantitative estimate of drug-likeness (QED) is 0.362. The average Bonchev–Trinajstić information content (AvgIpc) is 3.25. The standard InChI is InChI=1S/C25H24N4O4/c1-17-5-4-14-29-15-19(28-23(17)29)16-33-22-7-3-2-6-21(22)25(32)27-13-12-26-24(31)18-8-10-20(30)11-9-18/h2-11,14-15,30H,12-13,16H2,1H3,(H,26,31)(H,27,32). The van der Waals surface area contributed by atoms with E-state index in [1.807, 2.05) is 35.9 Å². The molecule has 0 aliphatic carbocycles. The fraction of sp³-hybridized carbons (Fsp3) is 0.160. The van der Waals surface area contributed by atoms with Gasteiger partial charge in [-0.05, 0) is 55.0 Å². The highest BCUT2D eigenvalue weighted by atomic mass is 16.5. The van der Waals surface area contributed by atoms with Gasteiger partial charge in [-0.15, -0.1) is 0 Å². The smallest absolute Gasteiger partial charge is 0.255 e. The molecular formula is C25H24N4O4. The fourth-order valence-corrected chi connectivity index (χ4v) is 3.37. The number of rotatable bonds is 8. The zero-order valence-corrected chi connectivity index (χ0v) is 18.1. The highest BCUT2D eigenvalue weighted by Crippen LogP contribution is 2.20. The number of benzene rings is 2. The van der Waals surface area contributed by atoms with Crippen LogP contribution in [0.5, 0.6) is 11.5 Å². The topological polar surface area (TPSA) is 105 Å². The van der Waals surface area contributed by atoms with Crippen LogP contribution in [0.3, 0.4) is 0 Å². The predicted molar refractivity (Wildman–Crippen MR) is 123 cm³/mol. The molecule has 2 aromatic heterocycles. The lowest BCUT2D eigenvalue weighted by molar-refractivity contribution is 0.0925. The lowest BCUT2D eigenvalue weighted by atomic mass is 10.2. The molecule has 8 heteroatoms. The Labute approximate surface area is 190 Å². The van der Waals surface area contributed by atoms with Gasteiger partial charge in [0, 0.05) is 31.0 Å². The Morgan fingerprint density at radius 3 is 2.45 bits per heavy atom. The van der Waals surface area contributed by atoms with Crippen LogP contribution in [0.15, 0.2) is 73.1 Å². The summed E-state index contributed by atoms with van der Waals surface area (Å²) in [4.78, 5) is 29.4. The summed E-state index contributed by atoms with van der Waals surface area (Å²) in [6, 6.07) is 16.9. The van der Waals surface area contributed by atoms with Crippen molar-refractivity contribution in [2.24, 2.45) is 0 Å². The van der Waals surface area contributed by atoms with Gasteiger partial charge in [-0.2, -0.15) is 0 Å². The monoisotopic (exact) mass is 444 g/mol. The van der Waals surface area contributed by atoms with Crippen LogP contribution in [-0.2, 0) is 6.61 Å². The zero-order valence-electron chi connectivity index (χ0n) is 18.1. The Kier molecular flexibility index (Phi) is 6.54. The Morgan fingerprint density at radius 1 is 0.970 bits per heavy atom. The van der Waals surface area contributed by atoms with Gasteiger partial charge in [0.2, 0.25) is 0 Å². The van der Waals surface area contributed by atoms with Gasteiger partial charge in [0.25, 0.3) is 11.8 Å². The van der Waals surface area contributed by atoms with Crippen molar-refractivity contribution >= 4 is 17.5 Å². The highest BCUT2D eigenvalue weighted by Gasteiger charge is 2.13. The Morgan fingerprint density at radius 2 is 1.70 bits per heavy atom. The first-order valence-corrected chi connectivity index (χ1v) is 10.5. The number of carbonyl (C=O) groups is 2. The second-order valence-electron chi connectivity index (χ2n) is 7.50. The lowest BCUT2D eigenvalue weighted by Gasteiger charge is -2.11. The number of aromatic hydroxyl groups is 1. The summed E-state index contributed by atoms with van der Waals surface area (Å²) in [6.45, 7) is 2.74. The van der Waals surface area contributed by atoms with Crippen molar-refractivity contribution in [1.82, 2.24) is 20.0 Å². The number of pyridine rings is 1. The molecule has 33 heavy (non-hydrogen) atoms. The molecule has 168 valence electrons. The zero-order chi connectivity index (χ0) is 23.2. The number of hydrogen-bond donors (Lipinski definition) is 3. The van der Waals surface area contributed by atoms with Crippen molar-refractivity contribution in [3.63, 3.8) is 0 Å². The number of fused-ring (bicyclic) bond motifs is 1. The van der Waals surface area contributed by atoms with Crippen LogP contribution >= 0.6 is 0 Å². The maximum atomic E-state index is 12.7. The summed E-state index contributed by atoms with van der Waals surface area (Å²) in [5.41, 5.74) is 3.54. The highest BCUT2D eigenvalue weighted by molar-refractivity contribution is 5.97. The number of aryl methyl sites for hydroxylation is 1. The first-order chi connectivity index (χ1) is 16.0. The molecule has 0 spiro atoms. The van der Waals surface area contributed by atoms with Gasteiger partial charge < -0.3 is 24.9 Å². The summed E-state index contributed by atoms with van der Waals surface area (Å²) in [7, 11) is 0. The molecule has 0 radical (unpaired) electrons. The minimum absolute atomic E-state index is 0.0935. The third-order valence-electron chi connectivity index (χ3n) is 5.06. The third-order valence-corrected chi connectivity index (χ3v) is 5.06. The van der Waals surface area contributed by atoms with Crippen molar-refractivity contribution < 1.29 is 19.4 Å². The number of phenols is 1. The van der Waals surface area contributed by atoms with E-state index in [2.05, 4.69) is 15.6 Å². The minimum atomic E-state index is -0.296. The number of hydrogen-bond acceptors (Lipinski definition) is 5. The second-order valence-corrected chi connectivity index (χ2v) is 7.50. The van der Waals surface area contributed by atoms with Gasteiger partial charge in [0.05, 0.1) is 11.3 Å². The number of nitrogens with one attached hydrogen (secondary N) is 2. The van der Waals surface area contributed by atoms with E-state index < -0.39 is 0 Å². The van der Waals surface area contributed by atoms with E-state index in [9.17, 15) is 14.7 Å². The number of amides is 2. The minimum Gasteiger partial charge on any atom is -0.508 e. The predicted octanol–water partition coefficient (Wildman–Crippen LogP) is 3.09. The van der Waals surface area contributed by atoms with E-state index in [4.69, 9.17) is 4.74 Å². The second kappa shape index (κ2) is 9.86. The average molecular weight is 444 g/mol. The van der Waals surface area contributed by atoms with Gasteiger partial charge in [0.15, 0.2) is 0 Å². The van der Waals surface area contributed by atoms with E-state index in [0.29, 0.717) is 16.9 Å². The molecule has 2 aromatic carbocycles. The van der Waals surface area contributed by atoms with Gasteiger partial charge in [0.1, 0.15) is 23.8 Å². The van der Waals surface area contributed by atoms with E-state index in [1.165, 1.54) is 24.3 Å². The van der Waals surface area contributed by atoms with Crippen LogP contribution in [0.2, 0.25) is 0 Å². The van der Waals surface area contributed by atoms with Crippen LogP contribution < -0.4 is 15.4 Å². The van der Waals surface area contributed by atoms with E-state index in [-0.39, 0.29) is 37.3 Å². The lowest BCUT2D eigenvalue weighted by Crippen LogP contribution is -2.34. The molecule has 2 amide bonds. The molecule has 0 saturated carbocycles. The maximum absolute atomic E-state index is 12.7. The molecule has 0 unspecified atom stereocenters. The summed E-state index contributed by atoms with van der Waals surface area (Å²) >= 11 is 0. The molecule has 8 nitrogen and oxygen atoms in total. The summed E-state index contributed by atoms with van der Waals surface area (Å²) in [6.07, 6.45) is 3.84. The van der Waals surface area contributed by atoms with Crippen LogP contribution in [0.25, 0.3) is 5.65 Å².